The van der Waals surface area contributed by atoms with Gasteiger partial charge in [-0.1, -0.05) is 12.1 Å². The number of guanidine groups is 1. The van der Waals surface area contributed by atoms with Gasteiger partial charge in [-0.25, -0.2) is 9.98 Å². The highest BCUT2D eigenvalue weighted by molar-refractivity contribution is 14.0. The van der Waals surface area contributed by atoms with Crippen LogP contribution in [0.2, 0.25) is 0 Å². The molecule has 2 N–H and O–H groups in total. The van der Waals surface area contributed by atoms with Gasteiger partial charge in [-0.3, -0.25) is 0 Å². The third kappa shape index (κ3) is 6.78. The topological polar surface area (TPSA) is 70.2 Å². The van der Waals surface area contributed by atoms with Crippen molar-refractivity contribution >= 4 is 46.4 Å². The predicted octanol–water partition coefficient (Wildman–Crippen LogP) is 2.34. The molecule has 0 saturated carbocycles. The molecule has 0 amide bonds. The summed E-state index contributed by atoms with van der Waals surface area (Å²) in [5.74, 6) is 1.48. The zero-order valence-electron chi connectivity index (χ0n) is 16.5. The number of thiazole rings is 1. The fourth-order valence-corrected chi connectivity index (χ4v) is 3.55. The Hall–Kier alpha value is -1.59. The summed E-state index contributed by atoms with van der Waals surface area (Å²) in [7, 11) is 4.07. The van der Waals surface area contributed by atoms with E-state index < -0.39 is 0 Å². The van der Waals surface area contributed by atoms with Gasteiger partial charge >= 0.3 is 0 Å². The molecule has 0 aliphatic carbocycles. The largest absolute Gasteiger partial charge is 0.492 e. The molecule has 1 saturated heterocycles. The Labute approximate surface area is 188 Å². The monoisotopic (exact) mass is 516 g/mol. The Balaban J connectivity index is 0.00000280. The van der Waals surface area contributed by atoms with Crippen LogP contribution >= 0.6 is 35.3 Å². The van der Waals surface area contributed by atoms with Crippen LogP contribution in [-0.4, -0.2) is 74.2 Å². The van der Waals surface area contributed by atoms with Gasteiger partial charge in [0.2, 0.25) is 0 Å². The summed E-state index contributed by atoms with van der Waals surface area (Å²) in [6, 6.07) is 8.06. The first-order valence-electron chi connectivity index (χ1n) is 9.17. The van der Waals surface area contributed by atoms with Crippen LogP contribution in [0.4, 0.5) is 5.13 Å². The predicted molar refractivity (Wildman–Crippen MR) is 127 cm³/mol. The van der Waals surface area contributed by atoms with Gasteiger partial charge in [-0.2, -0.15) is 0 Å². The number of ether oxygens (including phenoxy) is 1. The Bertz CT molecular complexity index is 732. The number of aliphatic imine (C=N–C) groups is 1. The van der Waals surface area contributed by atoms with Crippen molar-refractivity contribution < 1.29 is 4.74 Å². The standard InChI is InChI=1S/C19H28N6OS.HI/c1-23(2)11-12-26-17-5-3-4-16(14-17)15-22-18(20)24-7-9-25(10-8-24)19-21-6-13-27-19;/h3-6,13-14H,7-12,15H2,1-2H3,(H2,20,22);1H. The number of nitrogens with zero attached hydrogens (tertiary/aromatic N) is 5. The second kappa shape index (κ2) is 11.4. The average Bonchev–Trinajstić information content (AvgIpc) is 3.21. The fourth-order valence-electron chi connectivity index (χ4n) is 2.85. The van der Waals surface area contributed by atoms with Gasteiger partial charge in [0.1, 0.15) is 12.4 Å². The minimum Gasteiger partial charge on any atom is -0.492 e. The minimum atomic E-state index is 0. The summed E-state index contributed by atoms with van der Waals surface area (Å²) in [4.78, 5) is 15.5. The van der Waals surface area contributed by atoms with Crippen LogP contribution < -0.4 is 15.4 Å². The van der Waals surface area contributed by atoms with Gasteiger partial charge in [0.25, 0.3) is 0 Å². The van der Waals surface area contributed by atoms with Gasteiger partial charge in [0, 0.05) is 44.3 Å². The number of hydrogen-bond donors (Lipinski definition) is 1. The second-order valence-electron chi connectivity index (χ2n) is 6.76. The molecule has 1 fully saturated rings. The molecule has 3 rings (SSSR count). The van der Waals surface area contributed by atoms with Crippen molar-refractivity contribution in [3.63, 3.8) is 0 Å². The van der Waals surface area contributed by atoms with Crippen molar-refractivity contribution in [3.05, 3.63) is 41.4 Å². The number of piperazine rings is 1. The lowest BCUT2D eigenvalue weighted by Gasteiger charge is -2.35. The third-order valence-electron chi connectivity index (χ3n) is 4.42. The van der Waals surface area contributed by atoms with Crippen LogP contribution in [0.25, 0.3) is 0 Å². The van der Waals surface area contributed by atoms with Crippen LogP contribution in [0.15, 0.2) is 40.8 Å². The van der Waals surface area contributed by atoms with Gasteiger partial charge in [-0.05, 0) is 31.8 Å². The summed E-state index contributed by atoms with van der Waals surface area (Å²) in [5.41, 5.74) is 7.32. The Morgan fingerprint density at radius 1 is 1.29 bits per heavy atom. The number of hydrogen-bond acceptors (Lipinski definition) is 6. The molecule has 2 aromatic rings. The molecule has 0 bridgehead atoms. The van der Waals surface area contributed by atoms with Gasteiger partial charge in [0.05, 0.1) is 6.54 Å². The fraction of sp³-hybridized carbons (Fsp3) is 0.474. The number of nitrogens with two attached hydrogens (primary N) is 1. The summed E-state index contributed by atoms with van der Waals surface area (Å²) in [6.07, 6.45) is 1.85. The first-order valence-corrected chi connectivity index (χ1v) is 10.1. The summed E-state index contributed by atoms with van der Waals surface area (Å²) >= 11 is 1.68. The zero-order valence-corrected chi connectivity index (χ0v) is 19.6. The van der Waals surface area contributed by atoms with E-state index in [-0.39, 0.29) is 24.0 Å². The average molecular weight is 516 g/mol. The second-order valence-corrected chi connectivity index (χ2v) is 7.64. The van der Waals surface area contributed by atoms with E-state index in [4.69, 9.17) is 10.5 Å². The first-order chi connectivity index (χ1) is 13.1. The lowest BCUT2D eigenvalue weighted by atomic mass is 10.2. The normalized spacial score (nSPS) is 14.9. The van der Waals surface area contributed by atoms with Crippen LogP contribution in [0, 0.1) is 0 Å². The number of likely N-dealkylation sites (N-methyl/N-ethyl adjacent to an activating group) is 1. The van der Waals surface area contributed by atoms with Crippen LogP contribution in [0.5, 0.6) is 5.75 Å². The van der Waals surface area contributed by atoms with Crippen LogP contribution in [0.1, 0.15) is 5.56 Å². The minimum absolute atomic E-state index is 0. The number of benzene rings is 1. The van der Waals surface area contributed by atoms with Crippen molar-refractivity contribution in [2.24, 2.45) is 10.7 Å². The van der Waals surface area contributed by atoms with Crippen molar-refractivity contribution in [2.75, 3.05) is 58.3 Å². The molecule has 0 unspecified atom stereocenters. The zero-order chi connectivity index (χ0) is 19.1. The molecule has 9 heteroatoms. The Morgan fingerprint density at radius 2 is 2.07 bits per heavy atom. The van der Waals surface area contributed by atoms with Crippen molar-refractivity contribution in [1.29, 1.82) is 0 Å². The number of anilines is 1. The molecule has 1 aliphatic rings. The lowest BCUT2D eigenvalue weighted by molar-refractivity contribution is 0.261. The van der Waals surface area contributed by atoms with Gasteiger partial charge in [0.15, 0.2) is 11.1 Å². The molecule has 28 heavy (non-hydrogen) atoms. The van der Waals surface area contributed by atoms with Gasteiger partial charge < -0.3 is 25.2 Å². The van der Waals surface area contributed by atoms with Crippen molar-refractivity contribution in [2.45, 2.75) is 6.54 Å². The SMILES string of the molecule is CN(C)CCOc1cccc(CN=C(N)N2CCN(c3nccs3)CC2)c1.I. The highest BCUT2D eigenvalue weighted by atomic mass is 127. The number of halogens is 1. The molecule has 2 heterocycles. The smallest absolute Gasteiger partial charge is 0.191 e. The molecule has 0 atom stereocenters. The van der Waals surface area contributed by atoms with E-state index >= 15 is 0 Å². The highest BCUT2D eigenvalue weighted by Gasteiger charge is 2.19. The van der Waals surface area contributed by atoms with Gasteiger partial charge in [-0.15, -0.1) is 35.3 Å². The maximum absolute atomic E-state index is 6.22. The Kier molecular flexibility index (Phi) is 9.26. The van der Waals surface area contributed by atoms with E-state index in [2.05, 4.69) is 30.7 Å². The van der Waals surface area contributed by atoms with E-state index in [9.17, 15) is 0 Å². The maximum atomic E-state index is 6.22. The highest BCUT2D eigenvalue weighted by Crippen LogP contribution is 2.19. The number of aromatic nitrogens is 1. The van der Waals surface area contributed by atoms with Crippen molar-refractivity contribution in [3.8, 4) is 5.75 Å². The molecular formula is C19H29IN6OS. The molecule has 1 aliphatic heterocycles. The van der Waals surface area contributed by atoms with E-state index in [0.29, 0.717) is 19.1 Å². The molecule has 154 valence electrons. The molecule has 7 nitrogen and oxygen atoms in total. The quantitative estimate of drug-likeness (QED) is 0.346. The first kappa shape index (κ1) is 22.7. The molecule has 0 radical (unpaired) electrons. The lowest BCUT2D eigenvalue weighted by Crippen LogP contribution is -2.51. The Morgan fingerprint density at radius 3 is 2.75 bits per heavy atom. The van der Waals surface area contributed by atoms with E-state index in [1.165, 1.54) is 0 Å². The third-order valence-corrected chi connectivity index (χ3v) is 5.26. The molecule has 0 spiro atoms. The number of rotatable bonds is 7. The molecule has 1 aromatic heterocycles. The summed E-state index contributed by atoms with van der Waals surface area (Å²) in [6.45, 7) is 5.68. The molecule has 1 aromatic carbocycles. The van der Waals surface area contributed by atoms with E-state index in [1.807, 2.05) is 43.9 Å². The maximum Gasteiger partial charge on any atom is 0.191 e. The van der Waals surface area contributed by atoms with E-state index in [1.54, 1.807) is 11.3 Å². The molecular weight excluding hydrogens is 487 g/mol. The summed E-state index contributed by atoms with van der Waals surface area (Å²) in [5, 5.41) is 3.09. The van der Waals surface area contributed by atoms with E-state index in [0.717, 1.165) is 49.2 Å². The van der Waals surface area contributed by atoms with Crippen LogP contribution in [0.3, 0.4) is 0 Å². The van der Waals surface area contributed by atoms with Crippen molar-refractivity contribution in [1.82, 2.24) is 14.8 Å². The van der Waals surface area contributed by atoms with Crippen LogP contribution in [-0.2, 0) is 6.54 Å². The summed E-state index contributed by atoms with van der Waals surface area (Å²) < 4.78 is 5.79.